The second-order valence-electron chi connectivity index (χ2n) is 1.84. The molecule has 1 nitrogen and oxygen atoms in total. The molecular formula is C7H10Cl2O. The lowest BCUT2D eigenvalue weighted by molar-refractivity contribution is 0.475. The minimum atomic E-state index is 0. The predicted octanol–water partition coefficient (Wildman–Crippen LogP) is 2.54. The van der Waals surface area contributed by atoms with Crippen molar-refractivity contribution < 1.29 is 5.11 Å². The highest BCUT2D eigenvalue weighted by atomic mass is 35.5. The average molecular weight is 181 g/mol. The molecule has 10 heavy (non-hydrogen) atoms. The number of hydrogen-bond acceptors (Lipinski definition) is 1. The number of phenolic OH excluding ortho intramolecular Hbond substituents is 1. The van der Waals surface area contributed by atoms with E-state index in [2.05, 4.69) is 0 Å². The molecular weight excluding hydrogens is 171 g/mol. The van der Waals surface area contributed by atoms with Gasteiger partial charge in [0.05, 0.1) is 0 Å². The average Bonchev–Trinajstić information content (AvgIpc) is 1.77. The van der Waals surface area contributed by atoms with Gasteiger partial charge in [0.1, 0.15) is 5.75 Å². The molecule has 1 N–H and O–H groups in total. The summed E-state index contributed by atoms with van der Waals surface area (Å²) < 4.78 is 0. The lowest BCUT2D eigenvalue weighted by atomic mass is 10.2. The van der Waals surface area contributed by atoms with Crippen LogP contribution in [0.3, 0.4) is 0 Å². The summed E-state index contributed by atoms with van der Waals surface area (Å²) >= 11 is 0. The van der Waals surface area contributed by atoms with Crippen LogP contribution in [0.5, 0.6) is 5.75 Å². The molecule has 1 aromatic carbocycles. The van der Waals surface area contributed by atoms with Crippen LogP contribution in [-0.4, -0.2) is 5.11 Å². The maximum atomic E-state index is 8.76. The molecule has 58 valence electrons. The number of halogens is 2. The van der Waals surface area contributed by atoms with E-state index in [4.69, 9.17) is 5.11 Å². The molecule has 0 fully saturated rings. The molecule has 3 heteroatoms. The Morgan fingerprint density at radius 1 is 1.00 bits per heavy atom. The van der Waals surface area contributed by atoms with Crippen LogP contribution < -0.4 is 0 Å². The van der Waals surface area contributed by atoms with Crippen LogP contribution in [0.4, 0.5) is 0 Å². The van der Waals surface area contributed by atoms with Crippen LogP contribution in [0.25, 0.3) is 0 Å². The molecule has 0 saturated heterocycles. The Labute approximate surface area is 72.9 Å². The summed E-state index contributed by atoms with van der Waals surface area (Å²) in [5.74, 6) is 0.329. The summed E-state index contributed by atoms with van der Waals surface area (Å²) in [5, 5.41) is 8.76. The molecule has 0 unspecified atom stereocenters. The van der Waals surface area contributed by atoms with Crippen LogP contribution in [0.2, 0.25) is 0 Å². The van der Waals surface area contributed by atoms with E-state index in [1.807, 2.05) is 19.1 Å². The van der Waals surface area contributed by atoms with Crippen molar-refractivity contribution in [3.8, 4) is 5.75 Å². The fourth-order valence-electron chi connectivity index (χ4n) is 0.545. The summed E-state index contributed by atoms with van der Waals surface area (Å²) in [6, 6.07) is 7.09. The van der Waals surface area contributed by atoms with Crippen molar-refractivity contribution in [1.29, 1.82) is 0 Å². The number of aryl methyl sites for hydroxylation is 1. The fraction of sp³-hybridized carbons (Fsp3) is 0.143. The van der Waals surface area contributed by atoms with Crippen molar-refractivity contribution in [2.75, 3.05) is 0 Å². The Kier molecular flexibility index (Phi) is 6.63. The van der Waals surface area contributed by atoms with E-state index in [0.29, 0.717) is 5.75 Å². The molecule has 0 atom stereocenters. The Bertz CT molecular complexity index is 150. The molecule has 1 rings (SSSR count). The van der Waals surface area contributed by atoms with E-state index in [0.717, 1.165) is 0 Å². The minimum Gasteiger partial charge on any atom is -0.508 e. The summed E-state index contributed by atoms with van der Waals surface area (Å²) in [6.07, 6.45) is 0. The molecule has 0 saturated carbocycles. The summed E-state index contributed by atoms with van der Waals surface area (Å²) in [7, 11) is 0. The van der Waals surface area contributed by atoms with Crippen molar-refractivity contribution in [2.45, 2.75) is 6.92 Å². The van der Waals surface area contributed by atoms with Gasteiger partial charge < -0.3 is 5.11 Å². The summed E-state index contributed by atoms with van der Waals surface area (Å²) in [5.41, 5.74) is 1.17. The zero-order chi connectivity index (χ0) is 5.98. The van der Waals surface area contributed by atoms with Gasteiger partial charge in [0, 0.05) is 0 Å². The highest BCUT2D eigenvalue weighted by Crippen LogP contribution is 2.07. The number of benzene rings is 1. The zero-order valence-electron chi connectivity index (χ0n) is 5.57. The van der Waals surface area contributed by atoms with E-state index in [-0.39, 0.29) is 24.8 Å². The van der Waals surface area contributed by atoms with Crippen molar-refractivity contribution in [3.05, 3.63) is 29.8 Å². The van der Waals surface area contributed by atoms with Gasteiger partial charge in [-0.1, -0.05) is 17.7 Å². The van der Waals surface area contributed by atoms with Gasteiger partial charge >= 0.3 is 0 Å². The molecule has 0 aliphatic rings. The third kappa shape index (κ3) is 3.59. The number of aromatic hydroxyl groups is 1. The molecule has 0 radical (unpaired) electrons. The van der Waals surface area contributed by atoms with Gasteiger partial charge in [-0.3, -0.25) is 0 Å². The number of hydrogen-bond donors (Lipinski definition) is 1. The van der Waals surface area contributed by atoms with Gasteiger partial charge in [0.25, 0.3) is 0 Å². The predicted molar refractivity (Wildman–Crippen MR) is 47.3 cm³/mol. The summed E-state index contributed by atoms with van der Waals surface area (Å²) in [6.45, 7) is 1.99. The van der Waals surface area contributed by atoms with Gasteiger partial charge in [-0.25, -0.2) is 0 Å². The highest BCUT2D eigenvalue weighted by Gasteiger charge is 1.82. The SMILES string of the molecule is Cc1ccc(O)cc1.Cl.Cl. The Balaban J connectivity index is 0. The molecule has 0 aromatic heterocycles. The molecule has 0 heterocycles. The Morgan fingerprint density at radius 2 is 1.40 bits per heavy atom. The van der Waals surface area contributed by atoms with Gasteiger partial charge in [-0.15, -0.1) is 24.8 Å². The molecule has 0 aliphatic heterocycles. The monoisotopic (exact) mass is 180 g/mol. The van der Waals surface area contributed by atoms with Crippen molar-refractivity contribution >= 4 is 24.8 Å². The maximum absolute atomic E-state index is 8.76. The number of rotatable bonds is 0. The minimum absolute atomic E-state index is 0. The van der Waals surface area contributed by atoms with Gasteiger partial charge in [0.15, 0.2) is 0 Å². The second-order valence-corrected chi connectivity index (χ2v) is 1.84. The fourth-order valence-corrected chi connectivity index (χ4v) is 0.545. The smallest absolute Gasteiger partial charge is 0.115 e. The Morgan fingerprint density at radius 3 is 1.70 bits per heavy atom. The van der Waals surface area contributed by atoms with Crippen molar-refractivity contribution in [3.63, 3.8) is 0 Å². The molecule has 0 spiro atoms. The molecule has 0 amide bonds. The quantitative estimate of drug-likeness (QED) is 0.651. The van der Waals surface area contributed by atoms with Crippen molar-refractivity contribution in [2.24, 2.45) is 0 Å². The third-order valence-corrected chi connectivity index (χ3v) is 1.03. The summed E-state index contributed by atoms with van der Waals surface area (Å²) in [4.78, 5) is 0. The second kappa shape index (κ2) is 5.39. The van der Waals surface area contributed by atoms with Crippen LogP contribution in [0.15, 0.2) is 24.3 Å². The van der Waals surface area contributed by atoms with E-state index < -0.39 is 0 Å². The largest absolute Gasteiger partial charge is 0.508 e. The van der Waals surface area contributed by atoms with Crippen LogP contribution in [0, 0.1) is 6.92 Å². The van der Waals surface area contributed by atoms with Gasteiger partial charge in [0.2, 0.25) is 0 Å². The first-order valence-corrected chi connectivity index (χ1v) is 2.54. The number of phenols is 1. The van der Waals surface area contributed by atoms with Gasteiger partial charge in [-0.05, 0) is 19.1 Å². The first kappa shape index (κ1) is 12.3. The standard InChI is InChI=1S/C7H8O.2ClH/c1-6-2-4-7(8)5-3-6;;/h2-5,8H,1H3;2*1H. The molecule has 0 aliphatic carbocycles. The lowest BCUT2D eigenvalue weighted by Crippen LogP contribution is -1.66. The van der Waals surface area contributed by atoms with E-state index in [1.54, 1.807) is 12.1 Å². The Hall–Kier alpha value is -0.400. The molecule has 1 aromatic rings. The van der Waals surface area contributed by atoms with Crippen molar-refractivity contribution in [1.82, 2.24) is 0 Å². The van der Waals surface area contributed by atoms with Crippen LogP contribution in [0.1, 0.15) is 5.56 Å². The van der Waals surface area contributed by atoms with Crippen LogP contribution >= 0.6 is 24.8 Å². The van der Waals surface area contributed by atoms with E-state index in [9.17, 15) is 0 Å². The first-order valence-electron chi connectivity index (χ1n) is 2.54. The zero-order valence-corrected chi connectivity index (χ0v) is 7.21. The molecule has 0 bridgehead atoms. The van der Waals surface area contributed by atoms with Gasteiger partial charge in [-0.2, -0.15) is 0 Å². The third-order valence-electron chi connectivity index (χ3n) is 1.03. The normalized spacial score (nSPS) is 7.30. The lowest BCUT2D eigenvalue weighted by Gasteiger charge is -1.89. The van der Waals surface area contributed by atoms with E-state index >= 15 is 0 Å². The van der Waals surface area contributed by atoms with E-state index in [1.165, 1.54) is 5.56 Å². The maximum Gasteiger partial charge on any atom is 0.115 e. The first-order chi connectivity index (χ1) is 3.79. The van der Waals surface area contributed by atoms with Crippen LogP contribution in [-0.2, 0) is 0 Å². The topological polar surface area (TPSA) is 20.2 Å². The highest BCUT2D eigenvalue weighted by molar-refractivity contribution is 5.85.